The quantitative estimate of drug-likeness (QED) is 0.0488. The Bertz CT molecular complexity index is 4370. The van der Waals surface area contributed by atoms with E-state index in [0.717, 1.165) is 112 Å². The van der Waals surface area contributed by atoms with E-state index in [1.54, 1.807) is 66.0 Å². The number of benzene rings is 2. The van der Waals surface area contributed by atoms with Crippen LogP contribution in [0.15, 0.2) is 105 Å². The van der Waals surface area contributed by atoms with Gasteiger partial charge in [0, 0.05) is 67.7 Å². The first-order valence-corrected chi connectivity index (χ1v) is 36.9. The van der Waals surface area contributed by atoms with Gasteiger partial charge in [0.25, 0.3) is 0 Å². The Balaban J connectivity index is 0.000000183. The zero-order chi connectivity index (χ0) is 75.0. The van der Waals surface area contributed by atoms with Gasteiger partial charge in [-0.1, -0.05) is 56.3 Å². The standard InChI is InChI=1S/C15H20N2O2.C10H7NO2S.C8H5NO2S.C7H9NO2S.C5H5NO3S.4C5H5NO2S/c18-14(19)13-1-2-17(16-13)9-15-6-10-3-11(7-15)5-12(4-10)8-15;12-10(13)9-11-8(6-14-9)7-4-2-1-3-5-7;10-8(11)7-9-5-3-1-2-4-6(5)12-7;1-4(2)5-3-11-6(8-5)7(9)10;1-9-3-2-10-4(6-3)5(7)8;1-3-6-4(2-9-3)5(7)8;2*1-3-2-9-4(6-3)5(7)8;1-3-2-6-4(9-3)5(7)8/h1-2,10-12H,3-9H2,(H,18,19);1-6H,(H,12,13);1-4H,(H,10,11);3-4H,1-2H3,(H,9,10);2H,1H3,(H,7,8);4*2H,1H3,(H,7,8). The predicted octanol–water partition coefficient (Wildman–Crippen LogP) is 14.7. The van der Waals surface area contributed by atoms with Crippen molar-refractivity contribution in [1.29, 1.82) is 0 Å². The molecule has 0 atom stereocenters. The molecular formula is C65H66N10O19S8. The second kappa shape index (κ2) is 38.7. The summed E-state index contributed by atoms with van der Waals surface area (Å²) in [5.41, 5.74) is 5.50. The number of aromatic carboxylic acids is 9. The molecule has 4 bridgehead atoms. The number of para-hydroxylation sites is 1. The maximum Gasteiger partial charge on any atom is 0.365 e. The molecule has 11 aromatic rings. The summed E-state index contributed by atoms with van der Waals surface area (Å²) in [4.78, 5) is 124. The molecule has 9 aromatic heterocycles. The summed E-state index contributed by atoms with van der Waals surface area (Å²) < 4.78 is 7.46. The van der Waals surface area contributed by atoms with Crippen molar-refractivity contribution in [1.82, 2.24) is 49.7 Å². The number of nitrogens with zero attached hydrogens (tertiary/aromatic N) is 10. The minimum atomic E-state index is -1.02. The van der Waals surface area contributed by atoms with Gasteiger partial charge in [-0.2, -0.15) is 10.1 Å². The molecule has 0 saturated heterocycles. The van der Waals surface area contributed by atoms with Crippen LogP contribution in [0.1, 0.15) is 175 Å². The predicted molar refractivity (Wildman–Crippen MR) is 385 cm³/mol. The van der Waals surface area contributed by atoms with Gasteiger partial charge in [-0.3, -0.25) is 4.68 Å². The van der Waals surface area contributed by atoms with Crippen LogP contribution in [-0.4, -0.2) is 156 Å². The highest BCUT2D eigenvalue weighted by Crippen LogP contribution is 2.60. The molecule has 4 aliphatic carbocycles. The molecule has 4 fully saturated rings. The lowest BCUT2D eigenvalue weighted by Gasteiger charge is -2.56. The van der Waals surface area contributed by atoms with E-state index in [2.05, 4.69) is 49.7 Å². The van der Waals surface area contributed by atoms with Crippen LogP contribution in [0.4, 0.5) is 0 Å². The molecular weight excluding hydrogens is 1480 g/mol. The highest BCUT2D eigenvalue weighted by molar-refractivity contribution is 7.20. The Labute approximate surface area is 612 Å². The van der Waals surface area contributed by atoms with E-state index in [1.807, 2.05) is 80.2 Å². The van der Waals surface area contributed by atoms with Crippen LogP contribution in [0.3, 0.4) is 0 Å². The van der Waals surface area contributed by atoms with Crippen LogP contribution in [-0.2, 0) is 6.54 Å². The van der Waals surface area contributed by atoms with Gasteiger partial charge in [-0.15, -0.1) is 90.7 Å². The molecule has 9 N–H and O–H groups in total. The molecule has 0 amide bonds. The summed E-state index contributed by atoms with van der Waals surface area (Å²) in [6.07, 6.45) is 11.7. The summed E-state index contributed by atoms with van der Waals surface area (Å²) in [7, 11) is 1.45. The Hall–Kier alpha value is -10.0. The van der Waals surface area contributed by atoms with Crippen molar-refractivity contribution in [2.45, 2.75) is 92.5 Å². The van der Waals surface area contributed by atoms with Gasteiger partial charge in [0.05, 0.1) is 39.1 Å². The van der Waals surface area contributed by atoms with E-state index in [9.17, 15) is 43.2 Å². The lowest BCUT2D eigenvalue weighted by Crippen LogP contribution is -2.48. The Kier molecular flexibility index (Phi) is 30.7. The minimum Gasteiger partial charge on any atom is -0.480 e. The van der Waals surface area contributed by atoms with E-state index in [-0.39, 0.29) is 46.4 Å². The molecule has 102 heavy (non-hydrogen) atoms. The number of carboxylic acid groups (broad SMARTS) is 9. The maximum atomic E-state index is 10.9. The van der Waals surface area contributed by atoms with Crippen LogP contribution < -0.4 is 4.74 Å². The number of thiazole rings is 8. The highest BCUT2D eigenvalue weighted by atomic mass is 32.1. The number of aromatic nitrogens is 10. The van der Waals surface area contributed by atoms with E-state index in [4.69, 9.17) is 46.0 Å². The van der Waals surface area contributed by atoms with Gasteiger partial charge >= 0.3 is 53.7 Å². The monoisotopic (exact) mass is 1550 g/mol. The summed E-state index contributed by atoms with van der Waals surface area (Å²) in [5.74, 6) is -5.19. The molecule has 0 unspecified atom stereocenters. The molecule has 538 valence electrons. The zero-order valence-corrected chi connectivity index (χ0v) is 61.5. The summed E-state index contributed by atoms with van der Waals surface area (Å²) in [6.45, 7) is 12.0. The Morgan fingerprint density at radius 1 is 0.490 bits per heavy atom. The van der Waals surface area contributed by atoms with Gasteiger partial charge < -0.3 is 50.7 Å². The number of ether oxygens (including phenoxy) is 1. The average molecular weight is 1550 g/mol. The molecule has 37 heteroatoms. The van der Waals surface area contributed by atoms with Gasteiger partial charge in [0.1, 0.15) is 0 Å². The lowest BCUT2D eigenvalue weighted by molar-refractivity contribution is -0.0636. The van der Waals surface area contributed by atoms with Crippen molar-refractivity contribution >= 4 is 155 Å². The SMILES string of the molecule is CC(C)c1csc(C(=O)O)n1.COc1csc(C(=O)O)n1.Cc1cnc(C(=O)O)s1.Cc1csc(C(=O)O)n1.Cc1csc(C(=O)O)n1.Cc1nc(C(=O)O)cs1.O=C(O)c1ccn(CC23CC4CC(CC(C4)C2)C3)n1.O=C(O)c1nc(-c2ccccc2)cs1.O=C(O)c1nc2ccccc2s1. The largest absolute Gasteiger partial charge is 0.480 e. The van der Waals surface area contributed by atoms with Crippen molar-refractivity contribution < 1.29 is 93.8 Å². The van der Waals surface area contributed by atoms with Crippen molar-refractivity contribution in [3.05, 3.63) is 179 Å². The van der Waals surface area contributed by atoms with Gasteiger partial charge in [-0.05, 0) is 114 Å². The van der Waals surface area contributed by atoms with Crippen molar-refractivity contribution in [3.63, 3.8) is 0 Å². The highest BCUT2D eigenvalue weighted by Gasteiger charge is 2.51. The molecule has 4 saturated carbocycles. The second-order valence-corrected chi connectivity index (χ2v) is 30.1. The molecule has 15 rings (SSSR count). The van der Waals surface area contributed by atoms with Gasteiger partial charge in [0.15, 0.2) is 11.4 Å². The lowest BCUT2D eigenvalue weighted by atomic mass is 9.49. The Morgan fingerprint density at radius 3 is 1.33 bits per heavy atom. The first-order valence-electron chi connectivity index (χ1n) is 29.9. The third kappa shape index (κ3) is 25.6. The van der Waals surface area contributed by atoms with Crippen LogP contribution in [0.2, 0.25) is 0 Å². The molecule has 9 heterocycles. The maximum absolute atomic E-state index is 10.9. The van der Waals surface area contributed by atoms with Crippen molar-refractivity contribution in [3.8, 4) is 17.1 Å². The third-order valence-corrected chi connectivity index (χ3v) is 21.3. The van der Waals surface area contributed by atoms with Gasteiger partial charge in [-0.25, -0.2) is 78.0 Å². The number of carboxylic acids is 9. The molecule has 29 nitrogen and oxygen atoms in total. The first kappa shape index (κ1) is 81.0. The topological polar surface area (TPSA) is 466 Å². The molecule has 0 aliphatic heterocycles. The van der Waals surface area contributed by atoms with Crippen molar-refractivity contribution in [2.75, 3.05) is 7.11 Å². The minimum absolute atomic E-state index is 0.0526. The van der Waals surface area contributed by atoms with E-state index in [1.165, 1.54) is 96.4 Å². The molecule has 2 aromatic carbocycles. The van der Waals surface area contributed by atoms with Crippen LogP contribution >= 0.6 is 90.7 Å². The normalized spacial score (nSPS) is 15.4. The number of aryl methyl sites for hydroxylation is 4. The fraction of sp³-hybridized carbons (Fsp3) is 0.292. The second-order valence-electron chi connectivity index (χ2n) is 22.5. The number of methoxy groups -OCH3 is 1. The number of fused-ring (bicyclic) bond motifs is 1. The molecule has 0 spiro atoms. The van der Waals surface area contributed by atoms with E-state index >= 15 is 0 Å². The number of hydrogen-bond acceptors (Lipinski definition) is 27. The van der Waals surface area contributed by atoms with Crippen molar-refractivity contribution in [2.24, 2.45) is 23.2 Å². The van der Waals surface area contributed by atoms with Crippen LogP contribution in [0.25, 0.3) is 21.5 Å². The fourth-order valence-corrected chi connectivity index (χ4v) is 15.7. The van der Waals surface area contributed by atoms with E-state index in [0.29, 0.717) is 22.9 Å². The summed E-state index contributed by atoms with van der Waals surface area (Å²) >= 11 is 9.38. The Morgan fingerprint density at radius 2 is 0.971 bits per heavy atom. The van der Waals surface area contributed by atoms with Crippen LogP contribution in [0.5, 0.6) is 5.88 Å². The molecule has 0 radical (unpaired) electrons. The third-order valence-electron chi connectivity index (χ3n) is 14.2. The summed E-state index contributed by atoms with van der Waals surface area (Å²) in [6, 6.07) is 18.5. The number of hydrogen-bond donors (Lipinski definition) is 9. The summed E-state index contributed by atoms with van der Waals surface area (Å²) in [5, 5.41) is 92.6. The first-order chi connectivity index (χ1) is 48.3. The smallest absolute Gasteiger partial charge is 0.365 e. The van der Waals surface area contributed by atoms with Gasteiger partial charge in [0.2, 0.25) is 40.9 Å². The van der Waals surface area contributed by atoms with Crippen LogP contribution in [0, 0.1) is 50.9 Å². The van der Waals surface area contributed by atoms with E-state index < -0.39 is 53.7 Å². The average Bonchev–Trinajstić information content (AvgIpc) is 0.766. The fourth-order valence-electron chi connectivity index (χ4n) is 10.4. The number of rotatable bonds is 14. The molecule has 4 aliphatic rings. The zero-order valence-electron chi connectivity index (χ0n) is 55.0. The number of carbonyl (C=O) groups is 9.